The normalized spacial score (nSPS) is 28.3. The molecule has 1 fully saturated rings. The molecule has 4 rings (SSSR count). The van der Waals surface area contributed by atoms with Gasteiger partial charge in [0.1, 0.15) is 0 Å². The van der Waals surface area contributed by atoms with Crippen molar-refractivity contribution in [3.8, 4) is 0 Å². The van der Waals surface area contributed by atoms with Gasteiger partial charge in [-0.05, 0) is 43.2 Å². The maximum absolute atomic E-state index is 12.2. The molecule has 0 saturated heterocycles. The van der Waals surface area contributed by atoms with Gasteiger partial charge in [-0.3, -0.25) is 9.78 Å². The molecule has 2 bridgehead atoms. The molecule has 3 heteroatoms. The molecule has 0 spiro atoms. The Labute approximate surface area is 114 Å². The number of carbonyl (C=O) groups excluding carboxylic acids is 1. The molecule has 0 aromatic carbocycles. The van der Waals surface area contributed by atoms with E-state index in [1.54, 1.807) is 6.20 Å². The predicted octanol–water partition coefficient (Wildman–Crippen LogP) is 2.34. The molecular formula is C16H20N2O. The van der Waals surface area contributed by atoms with Gasteiger partial charge < -0.3 is 5.32 Å². The lowest BCUT2D eigenvalue weighted by atomic mass is 9.69. The Hall–Kier alpha value is -1.64. The Morgan fingerprint density at radius 2 is 2.26 bits per heavy atom. The Bertz CT molecular complexity index is 469. The van der Waals surface area contributed by atoms with Crippen LogP contribution in [0.15, 0.2) is 36.5 Å². The van der Waals surface area contributed by atoms with E-state index in [0.717, 1.165) is 18.5 Å². The fraction of sp³-hybridized carbons (Fsp3) is 0.500. The number of aromatic nitrogens is 1. The monoisotopic (exact) mass is 256 g/mol. The number of allylic oxidation sites excluding steroid dienone is 2. The van der Waals surface area contributed by atoms with E-state index in [9.17, 15) is 4.79 Å². The van der Waals surface area contributed by atoms with E-state index in [4.69, 9.17) is 0 Å². The average molecular weight is 256 g/mol. The number of carbonyl (C=O) groups is 1. The van der Waals surface area contributed by atoms with Crippen molar-refractivity contribution in [2.45, 2.75) is 25.7 Å². The molecule has 3 aliphatic rings. The van der Waals surface area contributed by atoms with E-state index in [1.807, 2.05) is 18.2 Å². The Morgan fingerprint density at radius 3 is 2.89 bits per heavy atom. The topological polar surface area (TPSA) is 42.0 Å². The number of hydrogen-bond acceptors (Lipinski definition) is 2. The summed E-state index contributed by atoms with van der Waals surface area (Å²) in [7, 11) is 0. The highest BCUT2D eigenvalue weighted by molar-refractivity contribution is 5.79. The van der Waals surface area contributed by atoms with E-state index in [0.29, 0.717) is 18.4 Å². The fourth-order valence-corrected chi connectivity index (χ4v) is 3.22. The molecular weight excluding hydrogens is 236 g/mol. The summed E-state index contributed by atoms with van der Waals surface area (Å²) >= 11 is 0. The van der Waals surface area contributed by atoms with Gasteiger partial charge >= 0.3 is 0 Å². The van der Waals surface area contributed by atoms with Gasteiger partial charge in [0.25, 0.3) is 0 Å². The zero-order valence-electron chi connectivity index (χ0n) is 11.1. The van der Waals surface area contributed by atoms with Crippen LogP contribution in [-0.4, -0.2) is 17.4 Å². The fourth-order valence-electron chi connectivity index (χ4n) is 3.22. The van der Waals surface area contributed by atoms with Crippen molar-refractivity contribution in [2.24, 2.45) is 17.8 Å². The summed E-state index contributed by atoms with van der Waals surface area (Å²) in [6.07, 6.45) is 10.6. The third-order valence-electron chi connectivity index (χ3n) is 4.32. The van der Waals surface area contributed by atoms with Crippen molar-refractivity contribution in [3.05, 3.63) is 42.2 Å². The van der Waals surface area contributed by atoms with Gasteiger partial charge in [-0.1, -0.05) is 18.2 Å². The van der Waals surface area contributed by atoms with Crippen LogP contribution in [0.1, 0.15) is 25.0 Å². The Morgan fingerprint density at radius 1 is 1.32 bits per heavy atom. The number of nitrogens with zero attached hydrogens (tertiary/aromatic N) is 1. The molecule has 3 aliphatic carbocycles. The molecule has 1 N–H and O–H groups in total. The highest BCUT2D eigenvalue weighted by Gasteiger charge is 2.35. The van der Waals surface area contributed by atoms with Gasteiger partial charge in [-0.15, -0.1) is 0 Å². The third kappa shape index (κ3) is 2.86. The van der Waals surface area contributed by atoms with Gasteiger partial charge in [0.15, 0.2) is 0 Å². The minimum Gasteiger partial charge on any atom is -0.355 e. The number of nitrogens with one attached hydrogen (secondary N) is 1. The van der Waals surface area contributed by atoms with E-state index < -0.39 is 0 Å². The molecule has 1 aromatic rings. The summed E-state index contributed by atoms with van der Waals surface area (Å²) in [6.45, 7) is 0.688. The number of rotatable bonds is 4. The molecule has 3 atom stereocenters. The number of fused-ring (bicyclic) bond motifs is 2. The summed E-state index contributed by atoms with van der Waals surface area (Å²) in [5.74, 6) is 1.54. The summed E-state index contributed by atoms with van der Waals surface area (Å²) in [5.41, 5.74) is 1.04. The van der Waals surface area contributed by atoms with Crippen LogP contribution in [0.2, 0.25) is 0 Å². The minimum atomic E-state index is 0.201. The molecule has 19 heavy (non-hydrogen) atoms. The van der Waals surface area contributed by atoms with E-state index in [1.165, 1.54) is 12.8 Å². The van der Waals surface area contributed by atoms with Gasteiger partial charge in [-0.25, -0.2) is 0 Å². The van der Waals surface area contributed by atoms with Gasteiger partial charge in [0, 0.05) is 30.8 Å². The summed E-state index contributed by atoms with van der Waals surface area (Å²) in [6, 6.07) is 5.89. The van der Waals surface area contributed by atoms with E-state index in [-0.39, 0.29) is 11.8 Å². The first kappa shape index (κ1) is 12.4. The minimum absolute atomic E-state index is 0.201. The smallest absolute Gasteiger partial charge is 0.223 e. The lowest BCUT2D eigenvalue weighted by molar-refractivity contribution is -0.127. The highest BCUT2D eigenvalue weighted by Crippen LogP contribution is 2.40. The maximum Gasteiger partial charge on any atom is 0.223 e. The van der Waals surface area contributed by atoms with Crippen molar-refractivity contribution >= 4 is 5.91 Å². The second kappa shape index (κ2) is 5.55. The second-order valence-electron chi connectivity index (χ2n) is 5.59. The standard InChI is InChI=1S/C16H20N2O/c19-16(15-11-12-4-6-13(15)7-5-12)18-10-8-14-3-1-2-9-17-14/h1-4,6,9,12-13,15H,5,7-8,10-11H2,(H,18,19)/t12-,13+,15-/m1/s1. The van der Waals surface area contributed by atoms with Gasteiger partial charge in [0.05, 0.1) is 0 Å². The Balaban J connectivity index is 1.48. The molecule has 100 valence electrons. The molecule has 0 aliphatic heterocycles. The third-order valence-corrected chi connectivity index (χ3v) is 4.32. The van der Waals surface area contributed by atoms with E-state index >= 15 is 0 Å². The molecule has 1 saturated carbocycles. The first-order valence-electron chi connectivity index (χ1n) is 7.19. The summed E-state index contributed by atoms with van der Waals surface area (Å²) in [4.78, 5) is 16.5. The zero-order valence-corrected chi connectivity index (χ0v) is 11.1. The van der Waals surface area contributed by atoms with Crippen LogP contribution in [0, 0.1) is 17.8 Å². The maximum atomic E-state index is 12.2. The molecule has 1 heterocycles. The second-order valence-corrected chi connectivity index (χ2v) is 5.59. The molecule has 1 aromatic heterocycles. The van der Waals surface area contributed by atoms with Crippen LogP contribution in [0.25, 0.3) is 0 Å². The van der Waals surface area contributed by atoms with Gasteiger partial charge in [-0.2, -0.15) is 0 Å². The molecule has 0 unspecified atom stereocenters. The van der Waals surface area contributed by atoms with Crippen LogP contribution in [0.4, 0.5) is 0 Å². The summed E-state index contributed by atoms with van der Waals surface area (Å²) < 4.78 is 0. The first-order valence-corrected chi connectivity index (χ1v) is 7.19. The largest absolute Gasteiger partial charge is 0.355 e. The highest BCUT2D eigenvalue weighted by atomic mass is 16.1. The van der Waals surface area contributed by atoms with E-state index in [2.05, 4.69) is 22.5 Å². The zero-order chi connectivity index (χ0) is 13.1. The van der Waals surface area contributed by atoms with Crippen LogP contribution >= 0.6 is 0 Å². The lowest BCUT2D eigenvalue weighted by Gasteiger charge is -2.37. The molecule has 1 amide bonds. The SMILES string of the molecule is O=C(NCCc1ccccn1)[C@@H]1C[C@@H]2C=C[C@H]1CC2. The van der Waals surface area contributed by atoms with Gasteiger partial charge in [0.2, 0.25) is 5.91 Å². The number of amides is 1. The van der Waals surface area contributed by atoms with Crippen LogP contribution in [0.5, 0.6) is 0 Å². The van der Waals surface area contributed by atoms with Crippen LogP contribution in [-0.2, 0) is 11.2 Å². The van der Waals surface area contributed by atoms with Crippen LogP contribution in [0.3, 0.4) is 0 Å². The molecule has 0 radical (unpaired) electrons. The lowest BCUT2D eigenvalue weighted by Crippen LogP contribution is -2.40. The quantitative estimate of drug-likeness (QED) is 0.840. The van der Waals surface area contributed by atoms with Crippen molar-refractivity contribution in [1.82, 2.24) is 10.3 Å². The van der Waals surface area contributed by atoms with Crippen molar-refractivity contribution < 1.29 is 4.79 Å². The average Bonchev–Trinajstić information content (AvgIpc) is 2.49. The first-order chi connectivity index (χ1) is 9.33. The Kier molecular flexibility index (Phi) is 3.62. The van der Waals surface area contributed by atoms with Crippen molar-refractivity contribution in [3.63, 3.8) is 0 Å². The predicted molar refractivity (Wildman–Crippen MR) is 74.4 cm³/mol. The molecule has 3 nitrogen and oxygen atoms in total. The summed E-state index contributed by atoms with van der Waals surface area (Å²) in [5, 5.41) is 3.07. The van der Waals surface area contributed by atoms with Crippen molar-refractivity contribution in [1.29, 1.82) is 0 Å². The van der Waals surface area contributed by atoms with Crippen LogP contribution < -0.4 is 5.32 Å². The number of pyridine rings is 1. The number of hydrogen-bond donors (Lipinski definition) is 1. The van der Waals surface area contributed by atoms with Crippen molar-refractivity contribution in [2.75, 3.05) is 6.54 Å².